The molecule has 0 aliphatic heterocycles. The van der Waals surface area contributed by atoms with Gasteiger partial charge in [-0.3, -0.25) is 0 Å². The first-order valence-corrected chi connectivity index (χ1v) is 8.70. The van der Waals surface area contributed by atoms with Crippen LogP contribution in [0.1, 0.15) is 11.1 Å². The summed E-state index contributed by atoms with van der Waals surface area (Å²) in [5.74, 6) is 0.825. The highest BCUT2D eigenvalue weighted by Crippen LogP contribution is 2.29. The summed E-state index contributed by atoms with van der Waals surface area (Å²) in [6, 6.07) is 9.86. The molecule has 0 spiro atoms. The van der Waals surface area contributed by atoms with Gasteiger partial charge in [-0.25, -0.2) is 13.1 Å². The highest BCUT2D eigenvalue weighted by atomic mass is 35.5. The molecule has 0 heterocycles. The topological polar surface area (TPSA) is 64.6 Å². The SMILES string of the molecule is COc1ccc(S(=O)(=O)NCc2ccc(C)c(Cl)c2)cc1OC. The molecule has 124 valence electrons. The Kier molecular flexibility index (Phi) is 5.51. The van der Waals surface area contributed by atoms with Gasteiger partial charge >= 0.3 is 0 Å². The Hall–Kier alpha value is -1.76. The van der Waals surface area contributed by atoms with Crippen LogP contribution in [0.25, 0.3) is 0 Å². The van der Waals surface area contributed by atoms with Crippen LogP contribution in [-0.4, -0.2) is 22.6 Å². The van der Waals surface area contributed by atoms with E-state index in [-0.39, 0.29) is 11.4 Å². The smallest absolute Gasteiger partial charge is 0.241 e. The molecule has 0 aliphatic carbocycles. The number of aryl methyl sites for hydroxylation is 1. The van der Waals surface area contributed by atoms with Gasteiger partial charge in [0.1, 0.15) is 0 Å². The van der Waals surface area contributed by atoms with Crippen LogP contribution in [0.15, 0.2) is 41.3 Å². The Labute approximate surface area is 141 Å². The monoisotopic (exact) mass is 355 g/mol. The van der Waals surface area contributed by atoms with Gasteiger partial charge in [0.2, 0.25) is 10.0 Å². The second kappa shape index (κ2) is 7.21. The third-order valence-electron chi connectivity index (χ3n) is 3.37. The summed E-state index contributed by atoms with van der Waals surface area (Å²) >= 11 is 6.05. The van der Waals surface area contributed by atoms with Gasteiger partial charge in [0.25, 0.3) is 0 Å². The molecule has 0 bridgehead atoms. The Morgan fingerprint density at radius 2 is 1.74 bits per heavy atom. The van der Waals surface area contributed by atoms with E-state index in [2.05, 4.69) is 4.72 Å². The maximum atomic E-state index is 12.4. The maximum absolute atomic E-state index is 12.4. The number of methoxy groups -OCH3 is 2. The van der Waals surface area contributed by atoms with Gasteiger partial charge < -0.3 is 9.47 Å². The van der Waals surface area contributed by atoms with Crippen LogP contribution in [0, 0.1) is 6.92 Å². The minimum absolute atomic E-state index is 0.105. The van der Waals surface area contributed by atoms with Crippen molar-refractivity contribution in [2.75, 3.05) is 14.2 Å². The first kappa shape index (κ1) is 17.6. The van der Waals surface area contributed by atoms with Gasteiger partial charge in [0, 0.05) is 17.6 Å². The van der Waals surface area contributed by atoms with E-state index in [4.69, 9.17) is 21.1 Å². The number of ether oxygens (including phenoxy) is 2. The van der Waals surface area contributed by atoms with E-state index in [0.29, 0.717) is 16.5 Å². The molecule has 2 aromatic carbocycles. The van der Waals surface area contributed by atoms with Crippen molar-refractivity contribution >= 4 is 21.6 Å². The van der Waals surface area contributed by atoms with E-state index in [9.17, 15) is 8.42 Å². The van der Waals surface area contributed by atoms with Gasteiger partial charge in [-0.2, -0.15) is 0 Å². The van der Waals surface area contributed by atoms with Gasteiger partial charge in [0.05, 0.1) is 19.1 Å². The zero-order valence-electron chi connectivity index (χ0n) is 13.1. The van der Waals surface area contributed by atoms with Crippen LogP contribution in [0.3, 0.4) is 0 Å². The Morgan fingerprint density at radius 3 is 2.35 bits per heavy atom. The molecule has 0 unspecified atom stereocenters. The van der Waals surface area contributed by atoms with E-state index < -0.39 is 10.0 Å². The predicted molar refractivity (Wildman–Crippen MR) is 89.8 cm³/mol. The molecule has 0 atom stereocenters. The summed E-state index contributed by atoms with van der Waals surface area (Å²) < 4.78 is 37.5. The van der Waals surface area contributed by atoms with Crippen molar-refractivity contribution in [2.24, 2.45) is 0 Å². The molecule has 23 heavy (non-hydrogen) atoms. The molecule has 1 N–H and O–H groups in total. The van der Waals surface area contributed by atoms with E-state index in [0.717, 1.165) is 11.1 Å². The first-order valence-electron chi connectivity index (χ1n) is 6.84. The molecule has 2 rings (SSSR count). The van der Waals surface area contributed by atoms with Gasteiger partial charge in [-0.05, 0) is 36.2 Å². The average Bonchev–Trinajstić information content (AvgIpc) is 2.55. The summed E-state index contributed by atoms with van der Waals surface area (Å²) in [5.41, 5.74) is 1.72. The lowest BCUT2D eigenvalue weighted by atomic mass is 10.1. The molecule has 0 saturated carbocycles. The van der Waals surface area contributed by atoms with Gasteiger partial charge in [0.15, 0.2) is 11.5 Å². The van der Waals surface area contributed by atoms with Crippen molar-refractivity contribution in [1.82, 2.24) is 4.72 Å². The Morgan fingerprint density at radius 1 is 1.04 bits per heavy atom. The molecule has 2 aromatic rings. The lowest BCUT2D eigenvalue weighted by molar-refractivity contribution is 0.354. The van der Waals surface area contributed by atoms with Crippen LogP contribution >= 0.6 is 11.6 Å². The minimum atomic E-state index is -3.67. The number of halogens is 1. The molecule has 7 heteroatoms. The van der Waals surface area contributed by atoms with Crippen molar-refractivity contribution in [3.05, 3.63) is 52.5 Å². The molecule has 0 fully saturated rings. The molecular weight excluding hydrogens is 338 g/mol. The largest absolute Gasteiger partial charge is 0.493 e. The van der Waals surface area contributed by atoms with E-state index in [1.165, 1.54) is 26.4 Å². The fraction of sp³-hybridized carbons (Fsp3) is 0.250. The fourth-order valence-corrected chi connectivity index (χ4v) is 3.23. The summed E-state index contributed by atoms with van der Waals surface area (Å²) in [7, 11) is -0.722. The van der Waals surface area contributed by atoms with Gasteiger partial charge in [-0.1, -0.05) is 23.7 Å². The highest BCUT2D eigenvalue weighted by Gasteiger charge is 2.17. The molecule has 0 aromatic heterocycles. The predicted octanol–water partition coefficient (Wildman–Crippen LogP) is 3.14. The number of hydrogen-bond donors (Lipinski definition) is 1. The third kappa shape index (κ3) is 4.16. The van der Waals surface area contributed by atoms with Crippen LogP contribution in [0.5, 0.6) is 11.5 Å². The zero-order valence-corrected chi connectivity index (χ0v) is 14.7. The fourth-order valence-electron chi connectivity index (χ4n) is 1.99. The second-order valence-corrected chi connectivity index (χ2v) is 7.10. The Balaban J connectivity index is 2.20. The van der Waals surface area contributed by atoms with Crippen molar-refractivity contribution in [3.8, 4) is 11.5 Å². The molecule has 0 aliphatic rings. The van der Waals surface area contributed by atoms with E-state index in [1.54, 1.807) is 12.1 Å². The van der Waals surface area contributed by atoms with E-state index >= 15 is 0 Å². The third-order valence-corrected chi connectivity index (χ3v) is 5.17. The second-order valence-electron chi connectivity index (χ2n) is 4.92. The standard InChI is InChI=1S/C16H18ClNO4S/c1-11-4-5-12(8-14(11)17)10-18-23(19,20)13-6-7-15(21-2)16(9-13)22-3/h4-9,18H,10H2,1-3H3. The number of nitrogens with one attached hydrogen (secondary N) is 1. The molecule has 0 amide bonds. The average molecular weight is 356 g/mol. The quantitative estimate of drug-likeness (QED) is 0.864. The zero-order chi connectivity index (χ0) is 17.0. The normalized spacial score (nSPS) is 11.3. The number of benzene rings is 2. The van der Waals surface area contributed by atoms with Crippen LogP contribution in [-0.2, 0) is 16.6 Å². The van der Waals surface area contributed by atoms with Crippen molar-refractivity contribution in [3.63, 3.8) is 0 Å². The number of sulfonamides is 1. The molecule has 0 saturated heterocycles. The first-order chi connectivity index (χ1) is 10.9. The lowest BCUT2D eigenvalue weighted by Gasteiger charge is -2.11. The highest BCUT2D eigenvalue weighted by molar-refractivity contribution is 7.89. The van der Waals surface area contributed by atoms with Crippen molar-refractivity contribution < 1.29 is 17.9 Å². The van der Waals surface area contributed by atoms with Crippen LogP contribution < -0.4 is 14.2 Å². The number of rotatable bonds is 6. The molecule has 0 radical (unpaired) electrons. The minimum Gasteiger partial charge on any atom is -0.493 e. The molecule has 5 nitrogen and oxygen atoms in total. The maximum Gasteiger partial charge on any atom is 0.241 e. The van der Waals surface area contributed by atoms with Crippen LogP contribution in [0.2, 0.25) is 5.02 Å². The lowest BCUT2D eigenvalue weighted by Crippen LogP contribution is -2.23. The van der Waals surface area contributed by atoms with E-state index in [1.807, 2.05) is 19.1 Å². The van der Waals surface area contributed by atoms with Crippen molar-refractivity contribution in [1.29, 1.82) is 0 Å². The Bertz CT molecular complexity index is 806. The van der Waals surface area contributed by atoms with Crippen LogP contribution in [0.4, 0.5) is 0 Å². The van der Waals surface area contributed by atoms with Gasteiger partial charge in [-0.15, -0.1) is 0 Å². The summed E-state index contributed by atoms with van der Waals surface area (Å²) in [6.07, 6.45) is 0. The summed E-state index contributed by atoms with van der Waals surface area (Å²) in [6.45, 7) is 2.04. The summed E-state index contributed by atoms with van der Waals surface area (Å²) in [5, 5.41) is 0.604. The summed E-state index contributed by atoms with van der Waals surface area (Å²) in [4.78, 5) is 0.105. The molecular formula is C16H18ClNO4S. The number of hydrogen-bond acceptors (Lipinski definition) is 4. The van der Waals surface area contributed by atoms with Crippen molar-refractivity contribution in [2.45, 2.75) is 18.4 Å².